The van der Waals surface area contributed by atoms with Crippen molar-refractivity contribution in [2.45, 2.75) is 56.9 Å². The first-order chi connectivity index (χ1) is 14.4. The molecule has 9 heteroatoms. The number of halogens is 2. The van der Waals surface area contributed by atoms with E-state index in [2.05, 4.69) is 9.97 Å². The molecule has 0 bridgehead atoms. The van der Waals surface area contributed by atoms with Crippen LogP contribution in [0.15, 0.2) is 36.8 Å². The minimum Gasteiger partial charge on any atom is -0.366 e. The molecule has 0 unspecified atom stereocenters. The van der Waals surface area contributed by atoms with E-state index >= 15 is 0 Å². The Morgan fingerprint density at radius 1 is 1.07 bits per heavy atom. The average Bonchev–Trinajstić information content (AvgIpc) is 3.43. The highest BCUT2D eigenvalue weighted by atomic mass is 35.5. The van der Waals surface area contributed by atoms with Crippen LogP contribution in [0.3, 0.4) is 0 Å². The summed E-state index contributed by atoms with van der Waals surface area (Å²) in [6, 6.07) is 7.70. The second-order valence-electron chi connectivity index (χ2n) is 8.26. The van der Waals surface area contributed by atoms with Gasteiger partial charge >= 0.3 is 0 Å². The zero-order valence-corrected chi connectivity index (χ0v) is 17.8. The second-order valence-corrected chi connectivity index (χ2v) is 9.05. The van der Waals surface area contributed by atoms with Crippen molar-refractivity contribution in [2.75, 3.05) is 0 Å². The quantitative estimate of drug-likeness (QED) is 0.541. The Morgan fingerprint density at radius 3 is 2.77 bits per heavy atom. The number of hydrogen-bond acceptors (Lipinski definition) is 6. The summed E-state index contributed by atoms with van der Waals surface area (Å²) in [7, 11) is 0. The fourth-order valence-electron chi connectivity index (χ4n) is 4.72. The number of ether oxygens (including phenoxy) is 4. The van der Waals surface area contributed by atoms with Crippen molar-refractivity contribution >= 4 is 34.2 Å². The summed E-state index contributed by atoms with van der Waals surface area (Å²) in [4.78, 5) is 8.47. The minimum absolute atomic E-state index is 0.297. The van der Waals surface area contributed by atoms with Crippen LogP contribution in [0.25, 0.3) is 11.0 Å². The van der Waals surface area contributed by atoms with Crippen LogP contribution in [-0.2, 0) is 25.6 Å². The molecule has 0 radical (unpaired) electrons. The molecule has 0 aliphatic carbocycles. The summed E-state index contributed by atoms with van der Waals surface area (Å²) in [6.45, 7) is 4.33. The van der Waals surface area contributed by atoms with E-state index in [1.165, 1.54) is 6.33 Å². The van der Waals surface area contributed by atoms with Crippen molar-refractivity contribution < 1.29 is 18.9 Å². The molecule has 0 saturated carbocycles. The van der Waals surface area contributed by atoms with E-state index in [-0.39, 0.29) is 24.4 Å². The van der Waals surface area contributed by atoms with Gasteiger partial charge in [-0.15, -0.1) is 0 Å². The molecule has 3 aliphatic rings. The summed E-state index contributed by atoms with van der Waals surface area (Å²) in [6.07, 6.45) is 1.59. The number of nitrogens with zero attached hydrogens (tertiary/aromatic N) is 3. The van der Waals surface area contributed by atoms with E-state index in [0.717, 1.165) is 16.5 Å². The van der Waals surface area contributed by atoms with Crippen LogP contribution in [0.1, 0.15) is 37.3 Å². The first-order valence-electron chi connectivity index (χ1n) is 9.79. The molecule has 0 spiro atoms. The Labute approximate surface area is 182 Å². The third kappa shape index (κ3) is 2.81. The maximum atomic E-state index is 6.54. The van der Waals surface area contributed by atoms with Gasteiger partial charge in [-0.05, 0) is 43.2 Å². The highest BCUT2D eigenvalue weighted by Gasteiger charge is 2.59. The van der Waals surface area contributed by atoms with Gasteiger partial charge in [0.2, 0.25) is 0 Å². The molecule has 30 heavy (non-hydrogen) atoms. The minimum atomic E-state index is -0.735. The number of hydrogen-bond donors (Lipinski definition) is 0. The first-order valence-corrected chi connectivity index (χ1v) is 10.5. The highest BCUT2D eigenvalue weighted by molar-refractivity contribution is 6.33. The van der Waals surface area contributed by atoms with E-state index in [4.69, 9.17) is 42.1 Å². The van der Waals surface area contributed by atoms with E-state index in [9.17, 15) is 0 Å². The van der Waals surface area contributed by atoms with Gasteiger partial charge in [-0.3, -0.25) is 0 Å². The van der Waals surface area contributed by atoms with Crippen LogP contribution >= 0.6 is 23.2 Å². The van der Waals surface area contributed by atoms with Gasteiger partial charge in [0, 0.05) is 11.2 Å². The van der Waals surface area contributed by atoms with E-state index in [1.807, 2.05) is 48.9 Å². The van der Waals surface area contributed by atoms with Gasteiger partial charge in [0.05, 0.1) is 12.0 Å². The lowest BCUT2D eigenvalue weighted by molar-refractivity contribution is -0.210. The van der Waals surface area contributed by atoms with Gasteiger partial charge < -0.3 is 23.5 Å². The Morgan fingerprint density at radius 2 is 1.90 bits per heavy atom. The van der Waals surface area contributed by atoms with Gasteiger partial charge in [-0.2, -0.15) is 0 Å². The molecule has 1 aromatic carbocycles. The van der Waals surface area contributed by atoms with E-state index in [0.29, 0.717) is 22.4 Å². The van der Waals surface area contributed by atoms with Crippen molar-refractivity contribution in [2.24, 2.45) is 0 Å². The zero-order valence-electron chi connectivity index (χ0n) is 16.3. The van der Waals surface area contributed by atoms with E-state index < -0.39 is 12.0 Å². The van der Waals surface area contributed by atoms with Crippen molar-refractivity contribution in [1.82, 2.24) is 14.5 Å². The molecule has 5 atom stereocenters. The molecule has 5 heterocycles. The van der Waals surface area contributed by atoms with Crippen LogP contribution in [0.5, 0.6) is 0 Å². The largest absolute Gasteiger partial charge is 0.366 e. The van der Waals surface area contributed by atoms with Gasteiger partial charge in [0.25, 0.3) is 0 Å². The normalized spacial score (nSPS) is 31.9. The standard InChI is InChI=1S/C21H19Cl2N3O4/c1-21(2)29-16-15(14-13-7-11(22)4-3-10(13)8-27-14)28-20(17(16)30-21)26-6-5-12-18(23)24-9-25-19(12)26/h3-7,9,14-17,20H,8H2,1-2H3/t14-,15-,16-,17-,20-/m1/s1. The summed E-state index contributed by atoms with van der Waals surface area (Å²) in [5.74, 6) is -0.735. The predicted octanol–water partition coefficient (Wildman–Crippen LogP) is 4.43. The van der Waals surface area contributed by atoms with Gasteiger partial charge in [-0.1, -0.05) is 29.3 Å². The molecule has 7 nitrogen and oxygen atoms in total. The maximum absolute atomic E-state index is 6.54. The Kier molecular flexibility index (Phi) is 4.19. The van der Waals surface area contributed by atoms with Crippen LogP contribution in [0.2, 0.25) is 10.2 Å². The molecule has 6 rings (SSSR count). The monoisotopic (exact) mass is 447 g/mol. The van der Waals surface area contributed by atoms with Crippen molar-refractivity contribution in [1.29, 1.82) is 0 Å². The van der Waals surface area contributed by atoms with Gasteiger partial charge in [0.15, 0.2) is 12.0 Å². The molecule has 0 amide bonds. The van der Waals surface area contributed by atoms with Crippen LogP contribution in [0, 0.1) is 0 Å². The van der Waals surface area contributed by atoms with Gasteiger partial charge in [0.1, 0.15) is 41.5 Å². The highest BCUT2D eigenvalue weighted by Crippen LogP contribution is 2.50. The van der Waals surface area contributed by atoms with E-state index in [1.54, 1.807) is 0 Å². The molecule has 0 N–H and O–H groups in total. The number of benzene rings is 1. The lowest BCUT2D eigenvalue weighted by atomic mass is 9.97. The van der Waals surface area contributed by atoms with Crippen molar-refractivity contribution in [3.8, 4) is 0 Å². The smallest absolute Gasteiger partial charge is 0.164 e. The molecule has 2 aromatic heterocycles. The summed E-state index contributed by atoms with van der Waals surface area (Å²) in [5.41, 5.74) is 2.82. The topological polar surface area (TPSA) is 67.6 Å². The Bertz CT molecular complexity index is 1150. The SMILES string of the molecule is CC1(C)O[C@H]2[C@@H](O1)[C@H](n1ccc3c(Cl)ncnc31)O[C@@H]2[C@@H]1OCc2ccc(Cl)cc21. The van der Waals surface area contributed by atoms with Crippen LogP contribution in [-0.4, -0.2) is 38.6 Å². The molecular weight excluding hydrogens is 429 g/mol. The van der Waals surface area contributed by atoms with Crippen molar-refractivity contribution in [3.63, 3.8) is 0 Å². The average molecular weight is 448 g/mol. The third-order valence-corrected chi connectivity index (χ3v) is 6.47. The lowest BCUT2D eigenvalue weighted by Crippen LogP contribution is -2.34. The third-order valence-electron chi connectivity index (χ3n) is 5.93. The number of rotatable bonds is 2. The summed E-state index contributed by atoms with van der Waals surface area (Å²) < 4.78 is 27.1. The molecule has 2 fully saturated rings. The number of fused-ring (bicyclic) bond motifs is 3. The lowest BCUT2D eigenvalue weighted by Gasteiger charge is -2.27. The second kappa shape index (κ2) is 6.63. The zero-order chi connectivity index (χ0) is 20.6. The molecular formula is C21H19Cl2N3O4. The Hall–Kier alpha value is -1.74. The predicted molar refractivity (Wildman–Crippen MR) is 109 cm³/mol. The molecule has 3 aliphatic heterocycles. The van der Waals surface area contributed by atoms with Crippen molar-refractivity contribution in [3.05, 3.63) is 58.1 Å². The fourth-order valence-corrected chi connectivity index (χ4v) is 5.10. The number of aromatic nitrogens is 3. The van der Waals surface area contributed by atoms with Crippen LogP contribution < -0.4 is 0 Å². The molecule has 2 saturated heterocycles. The summed E-state index contributed by atoms with van der Waals surface area (Å²) >= 11 is 12.5. The molecule has 156 valence electrons. The van der Waals surface area contributed by atoms with Crippen LogP contribution in [0.4, 0.5) is 0 Å². The first kappa shape index (κ1) is 19.0. The molecule has 3 aromatic rings. The van der Waals surface area contributed by atoms with Gasteiger partial charge in [-0.25, -0.2) is 9.97 Å². The maximum Gasteiger partial charge on any atom is 0.164 e. The Balaban J connectivity index is 1.42. The fraction of sp³-hybridized carbons (Fsp3) is 0.429. The summed E-state index contributed by atoms with van der Waals surface area (Å²) in [5, 5.41) is 1.83.